The lowest BCUT2D eigenvalue weighted by Crippen LogP contribution is -2.16. The van der Waals surface area contributed by atoms with Crippen LogP contribution in [0.4, 0.5) is 5.00 Å². The molecule has 30 heavy (non-hydrogen) atoms. The van der Waals surface area contributed by atoms with E-state index < -0.39 is 0 Å². The van der Waals surface area contributed by atoms with Gasteiger partial charge in [-0.25, -0.2) is 9.78 Å². The number of pyridine rings is 1. The Morgan fingerprint density at radius 1 is 1.20 bits per heavy atom. The Balaban J connectivity index is 1.50. The third kappa shape index (κ3) is 4.37. The number of thiophene rings is 1. The Bertz CT molecular complexity index is 1110. The van der Waals surface area contributed by atoms with Crippen molar-refractivity contribution in [3.05, 3.63) is 51.9 Å². The summed E-state index contributed by atoms with van der Waals surface area (Å²) in [5, 5.41) is 5.50. The molecule has 7 heteroatoms. The molecule has 0 spiro atoms. The number of rotatable bonds is 5. The second kappa shape index (κ2) is 9.18. The lowest BCUT2D eigenvalue weighted by molar-refractivity contribution is -0.113. The van der Waals surface area contributed by atoms with Crippen LogP contribution in [0.25, 0.3) is 10.9 Å². The Labute approximate surface area is 184 Å². The van der Waals surface area contributed by atoms with Crippen LogP contribution in [0.1, 0.15) is 45.6 Å². The van der Waals surface area contributed by atoms with Crippen LogP contribution >= 0.6 is 23.1 Å². The van der Waals surface area contributed by atoms with E-state index in [1.165, 1.54) is 41.5 Å². The number of nitrogens with zero attached hydrogens (tertiary/aromatic N) is 1. The van der Waals surface area contributed by atoms with Gasteiger partial charge < -0.3 is 10.1 Å². The molecule has 0 radical (unpaired) electrons. The number of methoxy groups -OCH3 is 1. The van der Waals surface area contributed by atoms with E-state index in [9.17, 15) is 9.59 Å². The van der Waals surface area contributed by atoms with Crippen molar-refractivity contribution in [2.24, 2.45) is 0 Å². The lowest BCUT2D eigenvalue weighted by atomic mass is 10.1. The summed E-state index contributed by atoms with van der Waals surface area (Å²) in [5.41, 5.74) is 3.66. The zero-order valence-corrected chi connectivity index (χ0v) is 18.8. The first-order valence-electron chi connectivity index (χ1n) is 10.1. The number of amides is 1. The number of benzene rings is 1. The molecule has 0 bridgehead atoms. The quantitative estimate of drug-likeness (QED) is 0.327. The molecule has 156 valence electrons. The largest absolute Gasteiger partial charge is 0.465 e. The van der Waals surface area contributed by atoms with Gasteiger partial charge in [0, 0.05) is 10.3 Å². The molecule has 1 aliphatic rings. The zero-order chi connectivity index (χ0) is 21.1. The van der Waals surface area contributed by atoms with Crippen molar-refractivity contribution >= 4 is 50.9 Å². The van der Waals surface area contributed by atoms with Gasteiger partial charge in [-0.05, 0) is 55.9 Å². The molecule has 1 amide bonds. The number of esters is 1. The van der Waals surface area contributed by atoms with E-state index in [4.69, 9.17) is 4.74 Å². The minimum absolute atomic E-state index is 0.144. The minimum atomic E-state index is -0.371. The van der Waals surface area contributed by atoms with E-state index in [0.717, 1.165) is 52.7 Å². The summed E-state index contributed by atoms with van der Waals surface area (Å²) in [5.74, 6) is -0.285. The van der Waals surface area contributed by atoms with Gasteiger partial charge in [0.15, 0.2) is 0 Å². The summed E-state index contributed by atoms with van der Waals surface area (Å²) in [6.45, 7) is 2.05. The van der Waals surface area contributed by atoms with E-state index in [1.807, 2.05) is 30.3 Å². The summed E-state index contributed by atoms with van der Waals surface area (Å²) in [7, 11) is 1.39. The smallest absolute Gasteiger partial charge is 0.341 e. The third-order valence-electron chi connectivity index (χ3n) is 5.31. The summed E-state index contributed by atoms with van der Waals surface area (Å²) in [4.78, 5) is 30.9. The average Bonchev–Trinajstić information content (AvgIpc) is 2.91. The van der Waals surface area contributed by atoms with Gasteiger partial charge in [-0.3, -0.25) is 4.79 Å². The molecule has 0 fully saturated rings. The highest BCUT2D eigenvalue weighted by atomic mass is 32.2. The van der Waals surface area contributed by atoms with Crippen LogP contribution in [-0.4, -0.2) is 29.7 Å². The summed E-state index contributed by atoms with van der Waals surface area (Å²) >= 11 is 2.92. The highest BCUT2D eigenvalue weighted by Gasteiger charge is 2.26. The van der Waals surface area contributed by atoms with E-state index in [-0.39, 0.29) is 17.6 Å². The molecule has 0 aliphatic heterocycles. The van der Waals surface area contributed by atoms with Gasteiger partial charge in [0.25, 0.3) is 0 Å². The van der Waals surface area contributed by atoms with Gasteiger partial charge >= 0.3 is 5.97 Å². The van der Waals surface area contributed by atoms with Gasteiger partial charge in [-0.2, -0.15) is 0 Å². The van der Waals surface area contributed by atoms with Crippen LogP contribution in [0.3, 0.4) is 0 Å². The van der Waals surface area contributed by atoms with E-state index >= 15 is 0 Å². The molecule has 2 aromatic heterocycles. The highest BCUT2D eigenvalue weighted by Crippen LogP contribution is 2.38. The second-order valence-corrected chi connectivity index (χ2v) is 9.49. The molecule has 1 aliphatic carbocycles. The fourth-order valence-electron chi connectivity index (χ4n) is 3.84. The van der Waals surface area contributed by atoms with Crippen LogP contribution < -0.4 is 5.32 Å². The second-order valence-electron chi connectivity index (χ2n) is 7.39. The molecular formula is C23H24N2O3S2. The zero-order valence-electron chi connectivity index (χ0n) is 17.1. The Morgan fingerprint density at radius 3 is 2.83 bits per heavy atom. The fraction of sp³-hybridized carbons (Fsp3) is 0.348. The van der Waals surface area contributed by atoms with Crippen molar-refractivity contribution in [3.8, 4) is 0 Å². The molecule has 0 unspecified atom stereocenters. The molecular weight excluding hydrogens is 416 g/mol. The molecule has 1 aromatic carbocycles. The number of thioether (sulfide) groups is 1. The average molecular weight is 441 g/mol. The van der Waals surface area contributed by atoms with Crippen molar-refractivity contribution in [1.29, 1.82) is 0 Å². The maximum atomic E-state index is 12.7. The van der Waals surface area contributed by atoms with Crippen LogP contribution in [-0.2, 0) is 22.4 Å². The maximum Gasteiger partial charge on any atom is 0.341 e. The first-order chi connectivity index (χ1) is 14.6. The number of ether oxygens (including phenoxy) is 1. The minimum Gasteiger partial charge on any atom is -0.465 e. The van der Waals surface area contributed by atoms with Crippen molar-refractivity contribution in [2.75, 3.05) is 18.2 Å². The number of para-hydroxylation sites is 1. The van der Waals surface area contributed by atoms with Crippen LogP contribution in [0.5, 0.6) is 0 Å². The van der Waals surface area contributed by atoms with Gasteiger partial charge in [-0.15, -0.1) is 11.3 Å². The monoisotopic (exact) mass is 440 g/mol. The van der Waals surface area contributed by atoms with E-state index in [2.05, 4.69) is 17.2 Å². The molecule has 3 aromatic rings. The summed E-state index contributed by atoms with van der Waals surface area (Å²) in [6.07, 6.45) is 5.16. The molecule has 2 heterocycles. The summed E-state index contributed by atoms with van der Waals surface area (Å²) in [6, 6.07) is 10.00. The van der Waals surface area contributed by atoms with Gasteiger partial charge in [0.1, 0.15) is 5.00 Å². The van der Waals surface area contributed by atoms with Gasteiger partial charge in [0.2, 0.25) is 5.91 Å². The molecule has 5 nitrogen and oxygen atoms in total. The standard InChI is InChI=1S/C23H24N2O3S2/c1-14-12-20(24-17-10-7-6-8-15(14)17)29-13-19(26)25-22-21(23(27)28-2)16-9-4-3-5-11-18(16)30-22/h6-8,10,12H,3-5,9,11,13H2,1-2H3,(H,25,26). The molecule has 1 N–H and O–H groups in total. The number of carbonyl (C=O) groups excluding carboxylic acids is 2. The Hall–Kier alpha value is -2.38. The SMILES string of the molecule is COC(=O)c1c(NC(=O)CSc2cc(C)c3ccccc3n2)sc2c1CCCCC2. The molecule has 4 rings (SSSR count). The van der Waals surface area contributed by atoms with Crippen molar-refractivity contribution in [3.63, 3.8) is 0 Å². The molecule has 0 saturated heterocycles. The first kappa shape index (κ1) is 20.9. The van der Waals surface area contributed by atoms with Gasteiger partial charge in [-0.1, -0.05) is 36.4 Å². The van der Waals surface area contributed by atoms with Crippen molar-refractivity contribution in [2.45, 2.75) is 44.1 Å². The third-order valence-corrected chi connectivity index (χ3v) is 7.43. The number of fused-ring (bicyclic) bond motifs is 2. The summed E-state index contributed by atoms with van der Waals surface area (Å²) < 4.78 is 5.01. The number of hydrogen-bond donors (Lipinski definition) is 1. The number of anilines is 1. The molecule has 0 atom stereocenters. The predicted octanol–water partition coefficient (Wildman–Crippen LogP) is 5.39. The molecule has 0 saturated carbocycles. The number of nitrogens with one attached hydrogen (secondary N) is 1. The van der Waals surface area contributed by atoms with Crippen LogP contribution in [0.2, 0.25) is 0 Å². The Morgan fingerprint density at radius 2 is 2.00 bits per heavy atom. The van der Waals surface area contributed by atoms with Crippen molar-refractivity contribution in [1.82, 2.24) is 4.98 Å². The van der Waals surface area contributed by atoms with Crippen LogP contribution in [0.15, 0.2) is 35.4 Å². The van der Waals surface area contributed by atoms with Crippen LogP contribution in [0, 0.1) is 6.92 Å². The number of aryl methyl sites for hydroxylation is 2. The number of hydrogen-bond acceptors (Lipinski definition) is 6. The predicted molar refractivity (Wildman–Crippen MR) is 123 cm³/mol. The normalized spacial score (nSPS) is 13.5. The fourth-order valence-corrected chi connectivity index (χ4v) is 5.91. The lowest BCUT2D eigenvalue weighted by Gasteiger charge is -2.08. The topological polar surface area (TPSA) is 68.3 Å². The maximum absolute atomic E-state index is 12.7. The highest BCUT2D eigenvalue weighted by molar-refractivity contribution is 7.99. The van der Waals surface area contributed by atoms with E-state index in [0.29, 0.717) is 10.6 Å². The number of carbonyl (C=O) groups is 2. The number of aromatic nitrogens is 1. The first-order valence-corrected chi connectivity index (χ1v) is 11.9. The van der Waals surface area contributed by atoms with Gasteiger partial charge in [0.05, 0.1) is 29.0 Å². The van der Waals surface area contributed by atoms with Crippen molar-refractivity contribution < 1.29 is 14.3 Å². The Kier molecular flexibility index (Phi) is 6.39. The van der Waals surface area contributed by atoms with E-state index in [1.54, 1.807) is 0 Å².